The van der Waals surface area contributed by atoms with Gasteiger partial charge in [0.2, 0.25) is 5.91 Å². The summed E-state index contributed by atoms with van der Waals surface area (Å²) in [6.07, 6.45) is 0.514. The number of carbonyl (C=O) groups is 1. The third-order valence-electron chi connectivity index (χ3n) is 2.79. The number of amides is 1. The summed E-state index contributed by atoms with van der Waals surface area (Å²) in [5, 5.41) is 6.73. The van der Waals surface area contributed by atoms with Crippen LogP contribution in [0.25, 0.3) is 0 Å². The monoisotopic (exact) mass is 254 g/mol. The Labute approximate surface area is 105 Å². The van der Waals surface area contributed by atoms with Crippen LogP contribution in [-0.4, -0.2) is 26.1 Å². The van der Waals surface area contributed by atoms with Crippen molar-refractivity contribution in [2.45, 2.75) is 12.5 Å². The van der Waals surface area contributed by atoms with Gasteiger partial charge in [0.15, 0.2) is 0 Å². The number of benzene rings is 1. The highest BCUT2D eigenvalue weighted by molar-refractivity contribution is 6.32. The molecule has 1 fully saturated rings. The first-order chi connectivity index (χ1) is 8.20. The van der Waals surface area contributed by atoms with Crippen LogP contribution in [0.3, 0.4) is 0 Å². The molecule has 0 spiro atoms. The molecule has 2 rings (SSSR count). The average molecular weight is 255 g/mol. The highest BCUT2D eigenvalue weighted by Crippen LogP contribution is 2.27. The lowest BCUT2D eigenvalue weighted by atomic mass is 10.1. The molecule has 1 heterocycles. The minimum Gasteiger partial charge on any atom is -0.495 e. The van der Waals surface area contributed by atoms with Crippen molar-refractivity contribution in [2.24, 2.45) is 0 Å². The van der Waals surface area contributed by atoms with Crippen molar-refractivity contribution in [3.8, 4) is 5.75 Å². The number of hydrogen-bond donors (Lipinski definition) is 2. The summed E-state index contributed by atoms with van der Waals surface area (Å²) >= 11 is 6.07. The minimum atomic E-state index is -0.0339. The van der Waals surface area contributed by atoms with E-state index >= 15 is 0 Å². The van der Waals surface area contributed by atoms with Crippen LogP contribution < -0.4 is 15.4 Å². The SMILES string of the molecule is COc1ccc(C2CNCCC(=O)N2)cc1Cl. The lowest BCUT2D eigenvalue weighted by Gasteiger charge is -2.17. The van der Waals surface area contributed by atoms with Gasteiger partial charge in [0.25, 0.3) is 0 Å². The van der Waals surface area contributed by atoms with Gasteiger partial charge in [-0.15, -0.1) is 0 Å². The second kappa shape index (κ2) is 5.38. The second-order valence-corrected chi connectivity index (χ2v) is 4.38. The number of ether oxygens (including phenoxy) is 1. The van der Waals surface area contributed by atoms with E-state index in [0.717, 1.165) is 5.56 Å². The summed E-state index contributed by atoms with van der Waals surface area (Å²) in [5.41, 5.74) is 0.985. The molecule has 1 aromatic carbocycles. The van der Waals surface area contributed by atoms with Crippen LogP contribution >= 0.6 is 11.6 Å². The van der Waals surface area contributed by atoms with Gasteiger partial charge < -0.3 is 15.4 Å². The zero-order chi connectivity index (χ0) is 12.3. The van der Waals surface area contributed by atoms with E-state index in [9.17, 15) is 4.79 Å². The molecule has 0 radical (unpaired) electrons. The molecule has 1 amide bonds. The van der Waals surface area contributed by atoms with E-state index in [1.807, 2.05) is 18.2 Å². The zero-order valence-electron chi connectivity index (χ0n) is 9.63. The number of rotatable bonds is 2. The second-order valence-electron chi connectivity index (χ2n) is 3.97. The van der Waals surface area contributed by atoms with Crippen molar-refractivity contribution in [1.82, 2.24) is 10.6 Å². The molecule has 5 heteroatoms. The maximum Gasteiger partial charge on any atom is 0.221 e. The van der Waals surface area contributed by atoms with Gasteiger partial charge in [-0.25, -0.2) is 0 Å². The van der Waals surface area contributed by atoms with Gasteiger partial charge in [0.05, 0.1) is 18.2 Å². The predicted molar refractivity (Wildman–Crippen MR) is 66.4 cm³/mol. The van der Waals surface area contributed by atoms with E-state index in [-0.39, 0.29) is 11.9 Å². The number of halogens is 1. The first kappa shape index (κ1) is 12.2. The first-order valence-corrected chi connectivity index (χ1v) is 5.92. The van der Waals surface area contributed by atoms with Crippen molar-refractivity contribution < 1.29 is 9.53 Å². The summed E-state index contributed by atoms with van der Waals surface area (Å²) in [6.45, 7) is 1.43. The molecular weight excluding hydrogens is 240 g/mol. The number of methoxy groups -OCH3 is 1. The van der Waals surface area contributed by atoms with E-state index in [1.54, 1.807) is 7.11 Å². The molecule has 0 bridgehead atoms. The van der Waals surface area contributed by atoms with Crippen LogP contribution in [0.1, 0.15) is 18.0 Å². The molecule has 0 aliphatic carbocycles. The Morgan fingerprint density at radius 3 is 3.00 bits per heavy atom. The maximum atomic E-state index is 11.5. The number of carbonyl (C=O) groups excluding carboxylic acids is 1. The summed E-state index contributed by atoms with van der Waals surface area (Å²) in [6, 6.07) is 5.53. The Kier molecular flexibility index (Phi) is 3.86. The van der Waals surface area contributed by atoms with E-state index in [4.69, 9.17) is 16.3 Å². The normalized spacial score (nSPS) is 20.6. The van der Waals surface area contributed by atoms with Gasteiger partial charge in [0.1, 0.15) is 5.75 Å². The Morgan fingerprint density at radius 2 is 2.29 bits per heavy atom. The topological polar surface area (TPSA) is 50.4 Å². The third kappa shape index (κ3) is 2.90. The summed E-state index contributed by atoms with van der Waals surface area (Å²) in [4.78, 5) is 11.5. The number of hydrogen-bond acceptors (Lipinski definition) is 3. The molecule has 17 heavy (non-hydrogen) atoms. The predicted octanol–water partition coefficient (Wildman–Crippen LogP) is 1.50. The molecule has 4 nitrogen and oxygen atoms in total. The Hall–Kier alpha value is -1.26. The van der Waals surface area contributed by atoms with Crippen molar-refractivity contribution in [3.63, 3.8) is 0 Å². The summed E-state index contributed by atoms with van der Waals surface area (Å²) in [7, 11) is 1.58. The van der Waals surface area contributed by atoms with Gasteiger partial charge in [-0.1, -0.05) is 17.7 Å². The van der Waals surface area contributed by atoms with Gasteiger partial charge in [-0.05, 0) is 17.7 Å². The van der Waals surface area contributed by atoms with Gasteiger partial charge in [-0.2, -0.15) is 0 Å². The molecule has 1 unspecified atom stereocenters. The standard InChI is InChI=1S/C12H15ClN2O2/c1-17-11-3-2-8(6-9(11)13)10-7-14-5-4-12(16)15-10/h2-3,6,10,14H,4-5,7H2,1H3,(H,15,16). The fourth-order valence-electron chi connectivity index (χ4n) is 1.87. The third-order valence-corrected chi connectivity index (χ3v) is 3.09. The van der Waals surface area contributed by atoms with Crippen LogP contribution in [0, 0.1) is 0 Å². The number of nitrogens with one attached hydrogen (secondary N) is 2. The van der Waals surface area contributed by atoms with Crippen LogP contribution in [0.4, 0.5) is 0 Å². The molecule has 1 aliphatic rings. The van der Waals surface area contributed by atoms with Gasteiger partial charge >= 0.3 is 0 Å². The smallest absolute Gasteiger partial charge is 0.221 e. The van der Waals surface area contributed by atoms with Crippen LogP contribution in [-0.2, 0) is 4.79 Å². The largest absolute Gasteiger partial charge is 0.495 e. The zero-order valence-corrected chi connectivity index (χ0v) is 10.4. The molecular formula is C12H15ClN2O2. The van der Waals surface area contributed by atoms with Crippen molar-refractivity contribution in [1.29, 1.82) is 0 Å². The van der Waals surface area contributed by atoms with Crippen LogP contribution in [0.2, 0.25) is 5.02 Å². The Balaban J connectivity index is 2.20. The van der Waals surface area contributed by atoms with E-state index in [2.05, 4.69) is 10.6 Å². The quantitative estimate of drug-likeness (QED) is 0.841. The lowest BCUT2D eigenvalue weighted by Crippen LogP contribution is -2.30. The van der Waals surface area contributed by atoms with Crippen molar-refractivity contribution >= 4 is 17.5 Å². The minimum absolute atomic E-state index is 0.0339. The summed E-state index contributed by atoms with van der Waals surface area (Å²) < 4.78 is 5.10. The molecule has 92 valence electrons. The highest BCUT2D eigenvalue weighted by atomic mass is 35.5. The Bertz CT molecular complexity index is 423. The average Bonchev–Trinajstić information content (AvgIpc) is 2.54. The first-order valence-electron chi connectivity index (χ1n) is 5.54. The van der Waals surface area contributed by atoms with Gasteiger partial charge in [-0.3, -0.25) is 4.79 Å². The molecule has 1 atom stereocenters. The lowest BCUT2D eigenvalue weighted by molar-refractivity contribution is -0.121. The fraction of sp³-hybridized carbons (Fsp3) is 0.417. The van der Waals surface area contributed by atoms with Gasteiger partial charge in [0, 0.05) is 19.5 Å². The van der Waals surface area contributed by atoms with E-state index < -0.39 is 0 Å². The summed E-state index contributed by atoms with van der Waals surface area (Å²) in [5.74, 6) is 0.704. The van der Waals surface area contributed by atoms with E-state index in [0.29, 0.717) is 30.3 Å². The fourth-order valence-corrected chi connectivity index (χ4v) is 2.13. The van der Waals surface area contributed by atoms with Crippen LogP contribution in [0.15, 0.2) is 18.2 Å². The van der Waals surface area contributed by atoms with E-state index in [1.165, 1.54) is 0 Å². The van der Waals surface area contributed by atoms with Crippen LogP contribution in [0.5, 0.6) is 5.75 Å². The molecule has 1 aromatic rings. The van der Waals surface area contributed by atoms with Crippen molar-refractivity contribution in [3.05, 3.63) is 28.8 Å². The Morgan fingerprint density at radius 1 is 1.47 bits per heavy atom. The molecule has 2 N–H and O–H groups in total. The molecule has 1 aliphatic heterocycles. The molecule has 1 saturated heterocycles. The van der Waals surface area contributed by atoms with Crippen molar-refractivity contribution in [2.75, 3.05) is 20.2 Å². The molecule has 0 saturated carbocycles. The maximum absolute atomic E-state index is 11.5. The highest BCUT2D eigenvalue weighted by Gasteiger charge is 2.18. The molecule has 0 aromatic heterocycles.